The third-order valence-corrected chi connectivity index (χ3v) is 7.97. The smallest absolute Gasteiger partial charge is 0.354 e. The lowest BCUT2D eigenvalue weighted by Crippen LogP contribution is -2.26. The molecule has 0 bridgehead atoms. The van der Waals surface area contributed by atoms with Gasteiger partial charge in [-0.1, -0.05) is 37.1 Å². The fourth-order valence-corrected chi connectivity index (χ4v) is 5.68. The maximum atomic E-state index is 15.1. The van der Waals surface area contributed by atoms with Crippen LogP contribution in [0.15, 0.2) is 58.4 Å². The number of nitrogens with two attached hydrogens (primary N) is 2. The number of nitrogens with zero attached hydrogens (tertiary/aromatic N) is 4. The molecular formula is C33H43ClFN7O. The second-order valence-corrected chi connectivity index (χ2v) is 11.8. The molecule has 5 N–H and O–H groups in total. The van der Waals surface area contributed by atoms with E-state index < -0.39 is 11.5 Å². The maximum Gasteiger partial charge on any atom is 0.354 e. The normalized spacial score (nSPS) is 13.6. The molecular weight excluding hydrogens is 565 g/mol. The van der Waals surface area contributed by atoms with Crippen LogP contribution in [0.1, 0.15) is 70.0 Å². The number of benzene rings is 2. The van der Waals surface area contributed by atoms with Gasteiger partial charge in [0, 0.05) is 42.3 Å². The molecule has 2 aromatic carbocycles. The number of aromatic nitrogens is 3. The second-order valence-electron chi connectivity index (χ2n) is 11.4. The van der Waals surface area contributed by atoms with Gasteiger partial charge in [-0.2, -0.15) is 4.98 Å². The summed E-state index contributed by atoms with van der Waals surface area (Å²) >= 11 is 6.26. The summed E-state index contributed by atoms with van der Waals surface area (Å²) < 4.78 is 16.6. The van der Waals surface area contributed by atoms with Crippen molar-refractivity contribution in [2.75, 3.05) is 20.1 Å². The summed E-state index contributed by atoms with van der Waals surface area (Å²) in [6.45, 7) is 7.57. The highest BCUT2D eigenvalue weighted by Gasteiger charge is 2.18. The van der Waals surface area contributed by atoms with Crippen molar-refractivity contribution in [2.45, 2.75) is 71.4 Å². The number of H-pyrrole nitrogens is 1. The lowest BCUT2D eigenvalue weighted by Gasteiger charge is -2.28. The number of nitrogens with one attached hydrogen (secondary N) is 1. The Morgan fingerprint density at radius 1 is 1.19 bits per heavy atom. The fraction of sp³-hybridized carbons (Fsp3) is 0.424. The molecule has 2 heterocycles. The third kappa shape index (κ3) is 8.31. The summed E-state index contributed by atoms with van der Waals surface area (Å²) in [7, 11) is 2.13. The predicted octanol–water partition coefficient (Wildman–Crippen LogP) is 6.38. The number of hydrogen-bond acceptors (Lipinski definition) is 5. The molecule has 8 nitrogen and oxygen atoms in total. The first-order valence-corrected chi connectivity index (χ1v) is 15.4. The molecule has 2 atom stereocenters. The van der Waals surface area contributed by atoms with E-state index in [-0.39, 0.29) is 17.1 Å². The Morgan fingerprint density at radius 3 is 2.60 bits per heavy atom. The van der Waals surface area contributed by atoms with Gasteiger partial charge >= 0.3 is 5.69 Å². The molecule has 0 saturated carbocycles. The molecule has 0 saturated heterocycles. The van der Waals surface area contributed by atoms with Crippen LogP contribution >= 0.6 is 11.6 Å². The number of aromatic amines is 1. The van der Waals surface area contributed by atoms with Crippen LogP contribution < -0.4 is 17.2 Å². The first kappa shape index (κ1) is 32.4. The summed E-state index contributed by atoms with van der Waals surface area (Å²) in [6, 6.07) is 13.7. The van der Waals surface area contributed by atoms with E-state index in [4.69, 9.17) is 23.1 Å². The number of fused-ring (bicyclic) bond motifs is 1. The third-order valence-electron chi connectivity index (χ3n) is 7.69. The number of halogens is 2. The number of rotatable bonds is 14. The van der Waals surface area contributed by atoms with E-state index in [1.807, 2.05) is 19.1 Å². The quantitative estimate of drug-likeness (QED) is 0.0873. The Morgan fingerprint density at radius 2 is 1.93 bits per heavy atom. The van der Waals surface area contributed by atoms with Crippen molar-refractivity contribution in [2.24, 2.45) is 16.5 Å². The van der Waals surface area contributed by atoms with E-state index in [1.54, 1.807) is 31.3 Å². The van der Waals surface area contributed by atoms with Gasteiger partial charge in [0.25, 0.3) is 0 Å². The van der Waals surface area contributed by atoms with Crippen LogP contribution in [-0.4, -0.2) is 51.4 Å². The zero-order valence-electron chi connectivity index (χ0n) is 25.5. The molecule has 2 unspecified atom stereocenters. The van der Waals surface area contributed by atoms with Crippen LogP contribution in [0.5, 0.6) is 0 Å². The molecule has 0 amide bonds. The number of amidine groups is 1. The molecule has 10 heteroatoms. The van der Waals surface area contributed by atoms with Crippen molar-refractivity contribution < 1.29 is 4.39 Å². The van der Waals surface area contributed by atoms with Gasteiger partial charge in [-0.25, -0.2) is 9.18 Å². The van der Waals surface area contributed by atoms with Gasteiger partial charge in [-0.3, -0.25) is 14.5 Å². The number of aliphatic imine (C=N–C) groups is 1. The topological polar surface area (TPSA) is 118 Å². The molecule has 0 aliphatic carbocycles. The minimum absolute atomic E-state index is 0.0609. The standard InChI is InChI=1S/C33H43ClFN7O/c1-5-8-30(41(4)16-7-15-38-22(3)37)24-11-13-26(14-12-24)42-20-25-19-29(39-32(25)40-33(42)43)27-17-23(10-6-9-21(2)36)18-28(34)31(27)35/h11-14,17-21,30H,5-10,15-16,36H2,1-4H3,(H2,37,38)(H,39,40,43). The van der Waals surface area contributed by atoms with E-state index in [1.165, 1.54) is 10.1 Å². The average molecular weight is 608 g/mol. The number of aryl methyl sites for hydroxylation is 1. The van der Waals surface area contributed by atoms with E-state index in [9.17, 15) is 4.79 Å². The van der Waals surface area contributed by atoms with Gasteiger partial charge in [-0.05, 0) is 94.5 Å². The molecule has 4 rings (SSSR count). The lowest BCUT2D eigenvalue weighted by molar-refractivity contribution is 0.230. The zero-order chi connectivity index (χ0) is 31.1. The van der Waals surface area contributed by atoms with Crippen LogP contribution in [0, 0.1) is 5.82 Å². The van der Waals surface area contributed by atoms with Gasteiger partial charge in [-0.15, -0.1) is 0 Å². The van der Waals surface area contributed by atoms with Crippen molar-refractivity contribution in [1.82, 2.24) is 19.4 Å². The van der Waals surface area contributed by atoms with Crippen LogP contribution in [0.25, 0.3) is 28.0 Å². The minimum Gasteiger partial charge on any atom is -0.388 e. The van der Waals surface area contributed by atoms with Gasteiger partial charge in [0.05, 0.1) is 22.2 Å². The maximum absolute atomic E-state index is 15.1. The molecule has 43 heavy (non-hydrogen) atoms. The van der Waals surface area contributed by atoms with E-state index in [0.717, 1.165) is 50.6 Å². The van der Waals surface area contributed by atoms with Crippen molar-refractivity contribution >= 4 is 28.5 Å². The lowest BCUT2D eigenvalue weighted by atomic mass is 10.0. The molecule has 0 fully saturated rings. The largest absolute Gasteiger partial charge is 0.388 e. The van der Waals surface area contributed by atoms with Crippen LogP contribution in [0.3, 0.4) is 0 Å². The first-order chi connectivity index (χ1) is 20.6. The minimum atomic E-state index is -0.510. The van der Waals surface area contributed by atoms with Crippen molar-refractivity contribution in [1.29, 1.82) is 0 Å². The Balaban J connectivity index is 1.58. The van der Waals surface area contributed by atoms with E-state index in [2.05, 4.69) is 46.0 Å². The first-order valence-electron chi connectivity index (χ1n) is 15.0. The highest BCUT2D eigenvalue weighted by atomic mass is 35.5. The Hall–Kier alpha value is -3.53. The van der Waals surface area contributed by atoms with E-state index in [0.29, 0.717) is 40.4 Å². The van der Waals surface area contributed by atoms with Crippen LogP contribution in [-0.2, 0) is 6.42 Å². The molecule has 0 aliphatic rings. The van der Waals surface area contributed by atoms with Crippen molar-refractivity contribution in [3.63, 3.8) is 0 Å². The van der Waals surface area contributed by atoms with Gasteiger partial charge < -0.3 is 16.5 Å². The van der Waals surface area contributed by atoms with Gasteiger partial charge in [0.15, 0.2) is 5.82 Å². The predicted molar refractivity (Wildman–Crippen MR) is 176 cm³/mol. The number of hydrogen-bond donors (Lipinski definition) is 3. The summed E-state index contributed by atoms with van der Waals surface area (Å²) in [4.78, 5) is 27.1. The summed E-state index contributed by atoms with van der Waals surface area (Å²) in [5.74, 6) is 0.0977. The molecule has 4 aromatic rings. The van der Waals surface area contributed by atoms with E-state index >= 15 is 4.39 Å². The molecule has 0 spiro atoms. The Bertz CT molecular complexity index is 1610. The molecule has 0 aliphatic heterocycles. The Kier molecular flexibility index (Phi) is 11.1. The summed E-state index contributed by atoms with van der Waals surface area (Å²) in [6.07, 6.45) is 7.22. The molecule has 2 aromatic heterocycles. The van der Waals surface area contributed by atoms with Crippen LogP contribution in [0.2, 0.25) is 5.02 Å². The monoisotopic (exact) mass is 607 g/mol. The Labute approximate surface area is 258 Å². The molecule has 230 valence electrons. The van der Waals surface area contributed by atoms with Gasteiger partial charge in [0.1, 0.15) is 5.65 Å². The summed E-state index contributed by atoms with van der Waals surface area (Å²) in [5.41, 5.74) is 15.2. The highest BCUT2D eigenvalue weighted by Crippen LogP contribution is 2.32. The SMILES string of the molecule is CCCC(c1ccc(-n2cc3cc(-c4cc(CCCC(C)N)cc(Cl)c4F)[nH]c3nc2=O)cc1)N(C)CCCN=C(C)N. The average Bonchev–Trinajstić information content (AvgIpc) is 3.37. The zero-order valence-corrected chi connectivity index (χ0v) is 26.3. The fourth-order valence-electron chi connectivity index (χ4n) is 5.44. The van der Waals surface area contributed by atoms with Crippen molar-refractivity contribution in [3.05, 3.63) is 81.1 Å². The second kappa shape index (κ2) is 14.8. The van der Waals surface area contributed by atoms with Crippen molar-refractivity contribution in [3.8, 4) is 16.9 Å². The summed E-state index contributed by atoms with van der Waals surface area (Å²) in [5, 5.41) is 0.751. The van der Waals surface area contributed by atoms with Gasteiger partial charge in [0.2, 0.25) is 0 Å². The van der Waals surface area contributed by atoms with Crippen LogP contribution in [0.4, 0.5) is 4.39 Å². The highest BCUT2D eigenvalue weighted by molar-refractivity contribution is 6.31. The molecule has 0 radical (unpaired) electrons.